The number of rotatable bonds is 11. The third-order valence-electron chi connectivity index (χ3n) is 3.22. The minimum Gasteiger partial charge on any atom is -0.0883 e. The smallest absolute Gasteiger partial charge is 0.0234 e. The number of hydrogen-bond acceptors (Lipinski definition) is 0. The van der Waals surface area contributed by atoms with E-state index in [0.717, 1.165) is 5.92 Å². The summed E-state index contributed by atoms with van der Waals surface area (Å²) >= 11 is 0. The molecular weight excluding hydrogens is 192 g/mol. The van der Waals surface area contributed by atoms with Gasteiger partial charge in [0.15, 0.2) is 0 Å². The molecule has 0 aliphatic heterocycles. The molecule has 1 unspecified atom stereocenters. The summed E-state index contributed by atoms with van der Waals surface area (Å²) in [6.07, 6.45) is 18.6. The van der Waals surface area contributed by atoms with E-state index in [1.54, 1.807) is 0 Å². The van der Waals surface area contributed by atoms with E-state index in [2.05, 4.69) is 32.9 Å². The molecule has 0 radical (unpaired) electrons. The molecule has 0 fully saturated rings. The van der Waals surface area contributed by atoms with Crippen LogP contribution in [0.15, 0.2) is 12.2 Å². The lowest BCUT2D eigenvalue weighted by Crippen LogP contribution is -1.95. The lowest BCUT2D eigenvalue weighted by molar-refractivity contribution is 0.510. The van der Waals surface area contributed by atoms with Crippen LogP contribution in [0.5, 0.6) is 0 Å². The van der Waals surface area contributed by atoms with Gasteiger partial charge in [0.05, 0.1) is 0 Å². The van der Waals surface area contributed by atoms with Gasteiger partial charge in [-0.05, 0) is 31.6 Å². The van der Waals surface area contributed by atoms with Crippen LogP contribution in [-0.4, -0.2) is 0 Å². The van der Waals surface area contributed by atoms with E-state index in [4.69, 9.17) is 0 Å². The van der Waals surface area contributed by atoms with Crippen LogP contribution in [0.4, 0.5) is 0 Å². The fraction of sp³-hybridized carbons (Fsp3) is 0.875. The molecule has 0 aliphatic rings. The Hall–Kier alpha value is -0.260. The summed E-state index contributed by atoms with van der Waals surface area (Å²) in [6.45, 7) is 6.86. The van der Waals surface area contributed by atoms with E-state index >= 15 is 0 Å². The predicted molar refractivity (Wildman–Crippen MR) is 75.8 cm³/mol. The van der Waals surface area contributed by atoms with E-state index in [1.807, 2.05) is 0 Å². The van der Waals surface area contributed by atoms with Crippen molar-refractivity contribution in [3.63, 3.8) is 0 Å². The van der Waals surface area contributed by atoms with E-state index < -0.39 is 0 Å². The molecule has 16 heavy (non-hydrogen) atoms. The molecule has 0 heteroatoms. The SMILES string of the molecule is CCCCCCC=CC(CCC)CCCC. The first-order valence-electron chi connectivity index (χ1n) is 7.51. The van der Waals surface area contributed by atoms with Gasteiger partial charge >= 0.3 is 0 Å². The molecule has 1 atom stereocenters. The van der Waals surface area contributed by atoms with E-state index in [1.165, 1.54) is 64.2 Å². The zero-order valence-corrected chi connectivity index (χ0v) is 11.8. The Morgan fingerprint density at radius 1 is 0.750 bits per heavy atom. The Labute approximate surface area is 104 Å². The molecule has 0 nitrogen and oxygen atoms in total. The van der Waals surface area contributed by atoms with Crippen LogP contribution in [0.25, 0.3) is 0 Å². The molecule has 0 aromatic rings. The van der Waals surface area contributed by atoms with Crippen molar-refractivity contribution in [3.8, 4) is 0 Å². The van der Waals surface area contributed by atoms with Gasteiger partial charge in [-0.2, -0.15) is 0 Å². The number of unbranched alkanes of at least 4 members (excludes halogenated alkanes) is 5. The molecule has 0 rings (SSSR count). The third-order valence-corrected chi connectivity index (χ3v) is 3.22. The van der Waals surface area contributed by atoms with Gasteiger partial charge < -0.3 is 0 Å². The highest BCUT2D eigenvalue weighted by atomic mass is 14.1. The molecule has 0 heterocycles. The maximum Gasteiger partial charge on any atom is -0.0234 e. The maximum absolute atomic E-state index is 2.49. The average Bonchev–Trinajstić information content (AvgIpc) is 2.30. The van der Waals surface area contributed by atoms with Crippen molar-refractivity contribution in [2.45, 2.75) is 85.0 Å². The van der Waals surface area contributed by atoms with E-state index in [0.29, 0.717) is 0 Å². The Bertz CT molecular complexity index is 146. The van der Waals surface area contributed by atoms with Crippen LogP contribution in [-0.2, 0) is 0 Å². The molecule has 0 aromatic carbocycles. The van der Waals surface area contributed by atoms with Crippen LogP contribution in [0.2, 0.25) is 0 Å². The summed E-state index contributed by atoms with van der Waals surface area (Å²) < 4.78 is 0. The second-order valence-electron chi connectivity index (χ2n) is 4.97. The minimum atomic E-state index is 0.858. The van der Waals surface area contributed by atoms with Crippen molar-refractivity contribution in [1.82, 2.24) is 0 Å². The second-order valence-corrected chi connectivity index (χ2v) is 4.97. The fourth-order valence-corrected chi connectivity index (χ4v) is 2.15. The Kier molecular flexibility index (Phi) is 12.6. The number of allylic oxidation sites excluding steroid dienone is 2. The van der Waals surface area contributed by atoms with Crippen LogP contribution in [0.1, 0.15) is 85.0 Å². The number of hydrogen-bond donors (Lipinski definition) is 0. The first kappa shape index (κ1) is 15.7. The highest BCUT2D eigenvalue weighted by molar-refractivity contribution is 4.88. The summed E-state index contributed by atoms with van der Waals surface area (Å²) in [4.78, 5) is 0. The molecule has 0 saturated heterocycles. The lowest BCUT2D eigenvalue weighted by Gasteiger charge is -2.10. The minimum absolute atomic E-state index is 0.858. The largest absolute Gasteiger partial charge is 0.0883 e. The average molecular weight is 224 g/mol. The summed E-state index contributed by atoms with van der Waals surface area (Å²) in [6, 6.07) is 0. The van der Waals surface area contributed by atoms with Gasteiger partial charge in [-0.15, -0.1) is 0 Å². The highest BCUT2D eigenvalue weighted by Crippen LogP contribution is 2.17. The van der Waals surface area contributed by atoms with Crippen molar-refractivity contribution in [3.05, 3.63) is 12.2 Å². The summed E-state index contributed by atoms with van der Waals surface area (Å²) in [5.41, 5.74) is 0. The van der Waals surface area contributed by atoms with E-state index in [-0.39, 0.29) is 0 Å². The Morgan fingerprint density at radius 3 is 2.12 bits per heavy atom. The van der Waals surface area contributed by atoms with Crippen molar-refractivity contribution >= 4 is 0 Å². The summed E-state index contributed by atoms with van der Waals surface area (Å²) in [5.74, 6) is 0.858. The van der Waals surface area contributed by atoms with Gasteiger partial charge in [-0.3, -0.25) is 0 Å². The molecule has 0 N–H and O–H groups in total. The first-order chi connectivity index (χ1) is 7.85. The maximum atomic E-state index is 2.49. The third kappa shape index (κ3) is 10.3. The fourth-order valence-electron chi connectivity index (χ4n) is 2.15. The molecule has 0 aromatic heterocycles. The van der Waals surface area contributed by atoms with Gasteiger partial charge in [0.25, 0.3) is 0 Å². The molecule has 0 saturated carbocycles. The quantitative estimate of drug-likeness (QED) is 0.293. The molecular formula is C16H32. The zero-order chi connectivity index (χ0) is 12.1. The Balaban J connectivity index is 3.58. The molecule has 0 amide bonds. The van der Waals surface area contributed by atoms with Crippen LogP contribution >= 0.6 is 0 Å². The summed E-state index contributed by atoms with van der Waals surface area (Å²) in [7, 11) is 0. The predicted octanol–water partition coefficient (Wildman–Crippen LogP) is 6.12. The van der Waals surface area contributed by atoms with Crippen LogP contribution < -0.4 is 0 Å². The van der Waals surface area contributed by atoms with Crippen LogP contribution in [0, 0.1) is 5.92 Å². The van der Waals surface area contributed by atoms with Gasteiger partial charge in [0.1, 0.15) is 0 Å². The van der Waals surface area contributed by atoms with Gasteiger partial charge in [0, 0.05) is 0 Å². The zero-order valence-electron chi connectivity index (χ0n) is 11.8. The standard InChI is InChI=1S/C16H32/c1-4-7-9-10-11-12-15-16(13-6-3)14-8-5-2/h12,15-16H,4-11,13-14H2,1-3H3. The lowest BCUT2D eigenvalue weighted by atomic mass is 9.96. The molecule has 0 bridgehead atoms. The normalized spacial score (nSPS) is 13.4. The van der Waals surface area contributed by atoms with Crippen molar-refractivity contribution in [2.24, 2.45) is 5.92 Å². The Morgan fingerprint density at radius 2 is 1.50 bits per heavy atom. The highest BCUT2D eigenvalue weighted by Gasteiger charge is 2.01. The van der Waals surface area contributed by atoms with Crippen molar-refractivity contribution in [2.75, 3.05) is 0 Å². The van der Waals surface area contributed by atoms with E-state index in [9.17, 15) is 0 Å². The first-order valence-corrected chi connectivity index (χ1v) is 7.51. The van der Waals surface area contributed by atoms with Gasteiger partial charge in [-0.1, -0.05) is 71.4 Å². The van der Waals surface area contributed by atoms with Crippen molar-refractivity contribution < 1.29 is 0 Å². The second kappa shape index (κ2) is 12.8. The molecule has 0 spiro atoms. The monoisotopic (exact) mass is 224 g/mol. The van der Waals surface area contributed by atoms with Crippen LogP contribution in [0.3, 0.4) is 0 Å². The molecule has 0 aliphatic carbocycles. The van der Waals surface area contributed by atoms with Crippen molar-refractivity contribution in [1.29, 1.82) is 0 Å². The van der Waals surface area contributed by atoms with Gasteiger partial charge in [-0.25, -0.2) is 0 Å². The van der Waals surface area contributed by atoms with Gasteiger partial charge in [0.2, 0.25) is 0 Å². The molecule has 96 valence electrons. The summed E-state index contributed by atoms with van der Waals surface area (Å²) in [5, 5.41) is 0. The topological polar surface area (TPSA) is 0 Å².